The molecule has 4 rings (SSSR count). The van der Waals surface area contributed by atoms with E-state index in [1.54, 1.807) is 0 Å². The molecular formula is C20H19N3O3. The van der Waals surface area contributed by atoms with Crippen LogP contribution in [0.4, 0.5) is 0 Å². The predicted molar refractivity (Wildman–Crippen MR) is 96.5 cm³/mol. The molecular weight excluding hydrogens is 330 g/mol. The van der Waals surface area contributed by atoms with Crippen molar-refractivity contribution in [3.63, 3.8) is 0 Å². The first-order valence-corrected chi connectivity index (χ1v) is 8.67. The molecule has 6 heteroatoms. The summed E-state index contributed by atoms with van der Waals surface area (Å²) in [5, 5.41) is 4.05. The summed E-state index contributed by atoms with van der Waals surface area (Å²) in [6, 6.07) is 17.3. The predicted octanol–water partition coefficient (Wildman–Crippen LogP) is 3.40. The number of rotatable bonds is 5. The minimum absolute atomic E-state index is 0.0613. The summed E-state index contributed by atoms with van der Waals surface area (Å²) in [4.78, 5) is 17.8. The van der Waals surface area contributed by atoms with Gasteiger partial charge < -0.3 is 14.2 Å². The van der Waals surface area contributed by atoms with Crippen LogP contribution in [0.1, 0.15) is 13.3 Å². The van der Waals surface area contributed by atoms with E-state index < -0.39 is 0 Å². The molecule has 0 saturated carbocycles. The lowest BCUT2D eigenvalue weighted by atomic mass is 10.1. The molecule has 3 aromatic rings. The van der Waals surface area contributed by atoms with Crippen LogP contribution in [0.25, 0.3) is 22.8 Å². The van der Waals surface area contributed by atoms with Crippen molar-refractivity contribution < 1.29 is 14.1 Å². The van der Waals surface area contributed by atoms with Gasteiger partial charge in [-0.15, -0.1) is 0 Å². The Morgan fingerprint density at radius 2 is 1.85 bits per heavy atom. The molecule has 6 nitrogen and oxygen atoms in total. The first kappa shape index (κ1) is 16.3. The molecule has 0 aliphatic carbocycles. The van der Waals surface area contributed by atoms with Crippen molar-refractivity contribution in [2.75, 3.05) is 13.1 Å². The first-order chi connectivity index (χ1) is 12.7. The second-order valence-electron chi connectivity index (χ2n) is 6.21. The first-order valence-electron chi connectivity index (χ1n) is 8.67. The summed E-state index contributed by atoms with van der Waals surface area (Å²) in [6.07, 6.45) is 0.600. The molecule has 0 bridgehead atoms. The number of carbonyl (C=O) groups is 1. The Bertz CT molecular complexity index is 884. The topological polar surface area (TPSA) is 68.5 Å². The molecule has 0 N–H and O–H groups in total. The van der Waals surface area contributed by atoms with Gasteiger partial charge in [0.1, 0.15) is 11.9 Å². The van der Waals surface area contributed by atoms with Crippen molar-refractivity contribution in [2.45, 2.75) is 19.4 Å². The van der Waals surface area contributed by atoms with Crippen LogP contribution in [0.2, 0.25) is 0 Å². The third-order valence-electron chi connectivity index (χ3n) is 4.37. The van der Waals surface area contributed by atoms with Gasteiger partial charge in [0.05, 0.1) is 13.1 Å². The van der Waals surface area contributed by atoms with Gasteiger partial charge in [-0.25, -0.2) is 0 Å². The van der Waals surface area contributed by atoms with Gasteiger partial charge >= 0.3 is 0 Å². The fourth-order valence-electron chi connectivity index (χ4n) is 2.85. The van der Waals surface area contributed by atoms with Crippen LogP contribution in [-0.2, 0) is 4.79 Å². The number of hydrogen-bond acceptors (Lipinski definition) is 5. The molecule has 1 aliphatic heterocycles. The van der Waals surface area contributed by atoms with Crippen LogP contribution in [0.15, 0.2) is 59.1 Å². The zero-order chi connectivity index (χ0) is 17.9. The van der Waals surface area contributed by atoms with E-state index in [2.05, 4.69) is 10.1 Å². The van der Waals surface area contributed by atoms with Crippen molar-refractivity contribution >= 4 is 5.91 Å². The number of aromatic nitrogens is 2. The third kappa shape index (κ3) is 3.31. The molecule has 26 heavy (non-hydrogen) atoms. The van der Waals surface area contributed by atoms with Gasteiger partial charge in [-0.05, 0) is 36.4 Å². The smallest absolute Gasteiger partial charge is 0.258 e. The molecule has 0 atom stereocenters. The van der Waals surface area contributed by atoms with E-state index in [-0.39, 0.29) is 12.0 Å². The summed E-state index contributed by atoms with van der Waals surface area (Å²) < 4.78 is 11.2. The van der Waals surface area contributed by atoms with Crippen LogP contribution in [0.5, 0.6) is 5.75 Å². The summed E-state index contributed by atoms with van der Waals surface area (Å²) >= 11 is 0. The van der Waals surface area contributed by atoms with Gasteiger partial charge in [0.15, 0.2) is 0 Å². The van der Waals surface area contributed by atoms with Crippen LogP contribution in [0.3, 0.4) is 0 Å². The van der Waals surface area contributed by atoms with E-state index in [1.165, 1.54) is 0 Å². The number of ether oxygens (including phenoxy) is 1. The van der Waals surface area contributed by atoms with Gasteiger partial charge in [0, 0.05) is 17.5 Å². The highest BCUT2D eigenvalue weighted by Gasteiger charge is 2.31. The van der Waals surface area contributed by atoms with E-state index in [4.69, 9.17) is 9.26 Å². The van der Waals surface area contributed by atoms with E-state index in [0.717, 1.165) is 16.9 Å². The average Bonchev–Trinajstić information content (AvgIpc) is 3.15. The number of amides is 1. The van der Waals surface area contributed by atoms with E-state index in [1.807, 2.05) is 66.4 Å². The zero-order valence-corrected chi connectivity index (χ0v) is 14.5. The summed E-state index contributed by atoms with van der Waals surface area (Å²) in [6.45, 7) is 3.18. The minimum Gasteiger partial charge on any atom is -0.487 e. The maximum Gasteiger partial charge on any atom is 0.258 e. The fraction of sp³-hybridized carbons (Fsp3) is 0.250. The van der Waals surface area contributed by atoms with Gasteiger partial charge in [0.25, 0.3) is 5.89 Å². The number of nitrogens with zero attached hydrogens (tertiary/aromatic N) is 3. The fourth-order valence-corrected chi connectivity index (χ4v) is 2.85. The van der Waals surface area contributed by atoms with Crippen molar-refractivity contribution in [1.29, 1.82) is 0 Å². The molecule has 1 saturated heterocycles. The van der Waals surface area contributed by atoms with Crippen molar-refractivity contribution in [3.8, 4) is 28.6 Å². The van der Waals surface area contributed by atoms with Crippen molar-refractivity contribution in [1.82, 2.24) is 15.0 Å². The van der Waals surface area contributed by atoms with Gasteiger partial charge in [0.2, 0.25) is 11.7 Å². The molecule has 132 valence electrons. The highest BCUT2D eigenvalue weighted by Crippen LogP contribution is 2.25. The van der Waals surface area contributed by atoms with Gasteiger partial charge in [-0.3, -0.25) is 4.79 Å². The largest absolute Gasteiger partial charge is 0.487 e. The van der Waals surface area contributed by atoms with Crippen LogP contribution in [-0.4, -0.2) is 40.1 Å². The standard InChI is InChI=1S/C20H19N3O3/c1-2-18(24)23-12-17(13-23)25-16-10-8-14(9-11-16)19-21-20(26-22-19)15-6-4-3-5-7-15/h3-11,17H,2,12-13H2,1H3. The van der Waals surface area contributed by atoms with Crippen LogP contribution < -0.4 is 4.74 Å². The van der Waals surface area contributed by atoms with E-state index >= 15 is 0 Å². The summed E-state index contributed by atoms with van der Waals surface area (Å²) in [7, 11) is 0. The highest BCUT2D eigenvalue weighted by atomic mass is 16.5. The Morgan fingerprint density at radius 3 is 2.54 bits per heavy atom. The lowest BCUT2D eigenvalue weighted by Gasteiger charge is -2.38. The molecule has 0 spiro atoms. The Morgan fingerprint density at radius 1 is 1.12 bits per heavy atom. The molecule has 2 aromatic carbocycles. The summed E-state index contributed by atoms with van der Waals surface area (Å²) in [5.41, 5.74) is 1.75. The molecule has 1 fully saturated rings. The summed E-state index contributed by atoms with van der Waals surface area (Å²) in [5.74, 6) is 1.98. The average molecular weight is 349 g/mol. The molecule has 1 aromatic heterocycles. The van der Waals surface area contributed by atoms with Crippen molar-refractivity contribution in [2.24, 2.45) is 0 Å². The Labute approximate surface area is 151 Å². The van der Waals surface area contributed by atoms with E-state index in [9.17, 15) is 4.79 Å². The Balaban J connectivity index is 1.39. The molecule has 1 amide bonds. The zero-order valence-electron chi connectivity index (χ0n) is 14.5. The molecule has 0 unspecified atom stereocenters. The molecule has 2 heterocycles. The maximum absolute atomic E-state index is 11.5. The number of hydrogen-bond donors (Lipinski definition) is 0. The van der Waals surface area contributed by atoms with Gasteiger partial charge in [-0.2, -0.15) is 4.98 Å². The Hall–Kier alpha value is -3.15. The highest BCUT2D eigenvalue weighted by molar-refractivity contribution is 5.76. The van der Waals surface area contributed by atoms with Crippen LogP contribution >= 0.6 is 0 Å². The second kappa shape index (κ2) is 7.00. The quantitative estimate of drug-likeness (QED) is 0.706. The second-order valence-corrected chi connectivity index (χ2v) is 6.21. The maximum atomic E-state index is 11.5. The van der Waals surface area contributed by atoms with E-state index in [0.29, 0.717) is 31.2 Å². The SMILES string of the molecule is CCC(=O)N1CC(Oc2ccc(-c3noc(-c4ccccc4)n3)cc2)C1. The number of carbonyl (C=O) groups excluding carboxylic acids is 1. The van der Waals surface area contributed by atoms with Gasteiger partial charge in [-0.1, -0.05) is 30.3 Å². The normalized spacial score (nSPS) is 14.1. The number of likely N-dealkylation sites (tertiary alicyclic amines) is 1. The molecule has 1 aliphatic rings. The number of benzene rings is 2. The van der Waals surface area contributed by atoms with Crippen LogP contribution in [0, 0.1) is 0 Å². The third-order valence-corrected chi connectivity index (χ3v) is 4.37. The van der Waals surface area contributed by atoms with Crippen molar-refractivity contribution in [3.05, 3.63) is 54.6 Å². The lowest BCUT2D eigenvalue weighted by Crippen LogP contribution is -2.56. The monoisotopic (exact) mass is 349 g/mol. The minimum atomic E-state index is 0.0613. The Kier molecular flexibility index (Phi) is 4.39. The lowest BCUT2D eigenvalue weighted by molar-refractivity contribution is -0.139. The molecule has 0 radical (unpaired) electrons.